The second-order valence-electron chi connectivity index (χ2n) is 7.38. The van der Waals surface area contributed by atoms with Crippen molar-refractivity contribution in [2.45, 2.75) is 32.4 Å². The highest BCUT2D eigenvalue weighted by molar-refractivity contribution is 7.12. The summed E-state index contributed by atoms with van der Waals surface area (Å²) >= 11 is 1.55. The minimum Gasteiger partial charge on any atom is -0.348 e. The summed E-state index contributed by atoms with van der Waals surface area (Å²) in [7, 11) is 3.65. The number of Topliss-reactive ketones (excluding diaryl/α,β-unsaturated/α-hetero) is 1. The maximum atomic E-state index is 12.0. The Balaban J connectivity index is 1.64. The summed E-state index contributed by atoms with van der Waals surface area (Å²) in [5.41, 5.74) is 1.24. The molecular weight excluding hydrogens is 322 g/mol. The zero-order valence-electron chi connectivity index (χ0n) is 14.8. The van der Waals surface area contributed by atoms with Gasteiger partial charge in [0.2, 0.25) is 5.91 Å². The van der Waals surface area contributed by atoms with Gasteiger partial charge in [0, 0.05) is 46.3 Å². The Kier molecular flexibility index (Phi) is 5.37. The molecule has 4 rings (SSSR count). The lowest BCUT2D eigenvalue weighted by molar-refractivity contribution is -0.130. The number of ketones is 1. The lowest BCUT2D eigenvalue weighted by Gasteiger charge is -2.36. The van der Waals surface area contributed by atoms with Gasteiger partial charge in [0.1, 0.15) is 0 Å². The van der Waals surface area contributed by atoms with E-state index in [1.807, 2.05) is 20.2 Å². The number of likely N-dealkylation sites (N-methyl/N-ethyl adjacent to an activating group) is 1. The number of hydrogen-bond acceptors (Lipinski definition) is 5. The zero-order chi connectivity index (χ0) is 17.3. The van der Waals surface area contributed by atoms with E-state index in [1.54, 1.807) is 23.2 Å². The van der Waals surface area contributed by atoms with Crippen molar-refractivity contribution in [3.05, 3.63) is 21.9 Å². The van der Waals surface area contributed by atoms with Gasteiger partial charge < -0.3 is 4.90 Å². The number of rotatable bonds is 5. The van der Waals surface area contributed by atoms with E-state index in [-0.39, 0.29) is 11.7 Å². The number of carbonyl (C=O) groups is 2. The Bertz CT molecular complexity index is 613. The molecule has 0 saturated carbocycles. The summed E-state index contributed by atoms with van der Waals surface area (Å²) in [5, 5.41) is 2.11. The molecule has 4 heterocycles. The third-order valence-corrected chi connectivity index (χ3v) is 6.23. The molecule has 3 aliphatic rings. The van der Waals surface area contributed by atoms with Crippen molar-refractivity contribution in [2.24, 2.45) is 5.92 Å². The molecule has 3 fully saturated rings. The summed E-state index contributed by atoms with van der Waals surface area (Å²) in [6, 6.07) is 2.55. The first-order valence-corrected chi connectivity index (χ1v) is 9.55. The van der Waals surface area contributed by atoms with Crippen molar-refractivity contribution in [2.75, 3.05) is 40.3 Å². The molecule has 0 unspecified atom stereocenters. The number of fused-ring (bicyclic) bond motifs is 4. The van der Waals surface area contributed by atoms with Crippen LogP contribution in [0.2, 0.25) is 0 Å². The molecule has 2 atom stereocenters. The molecule has 0 aromatic carbocycles. The van der Waals surface area contributed by atoms with E-state index in [2.05, 4.69) is 15.2 Å². The van der Waals surface area contributed by atoms with Crippen molar-refractivity contribution in [3.63, 3.8) is 0 Å². The van der Waals surface area contributed by atoms with Gasteiger partial charge in [0.05, 0.1) is 11.4 Å². The molecule has 5 nitrogen and oxygen atoms in total. The summed E-state index contributed by atoms with van der Waals surface area (Å²) in [4.78, 5) is 30.9. The maximum Gasteiger partial charge on any atom is 0.236 e. The molecule has 0 spiro atoms. The number of thiophene rings is 1. The van der Waals surface area contributed by atoms with Crippen molar-refractivity contribution < 1.29 is 9.59 Å². The Morgan fingerprint density at radius 1 is 1.25 bits per heavy atom. The van der Waals surface area contributed by atoms with Crippen LogP contribution in [0.5, 0.6) is 0 Å². The fourth-order valence-corrected chi connectivity index (χ4v) is 4.62. The molecule has 0 aliphatic carbocycles. The van der Waals surface area contributed by atoms with Gasteiger partial charge in [-0.15, -0.1) is 11.3 Å². The standard InChI is InChI=1S/C18H27N3O2S/c1-13(22)17-6-15(12-24-17)9-21-8-14-4-5-16(21)10-20(7-14)11-18(23)19(2)3/h6,12,14,16H,4-5,7-11H2,1-3H3/t14-,16+/m0/s1. The quantitative estimate of drug-likeness (QED) is 0.762. The Hall–Kier alpha value is -1.24. The van der Waals surface area contributed by atoms with Crippen LogP contribution >= 0.6 is 11.3 Å². The number of hydrogen-bond donors (Lipinski definition) is 0. The smallest absolute Gasteiger partial charge is 0.236 e. The van der Waals surface area contributed by atoms with Crippen LogP contribution in [-0.2, 0) is 11.3 Å². The molecular formula is C18H27N3O2S. The van der Waals surface area contributed by atoms with E-state index in [9.17, 15) is 9.59 Å². The maximum absolute atomic E-state index is 12.0. The van der Waals surface area contributed by atoms with E-state index in [1.165, 1.54) is 18.4 Å². The number of amides is 1. The second kappa shape index (κ2) is 7.33. The summed E-state index contributed by atoms with van der Waals surface area (Å²) in [6.45, 7) is 6.17. The van der Waals surface area contributed by atoms with Crippen LogP contribution in [0.3, 0.4) is 0 Å². The van der Waals surface area contributed by atoms with E-state index in [0.29, 0.717) is 18.5 Å². The van der Waals surface area contributed by atoms with Crippen molar-refractivity contribution in [1.82, 2.24) is 14.7 Å². The van der Waals surface area contributed by atoms with Crippen LogP contribution in [0.25, 0.3) is 0 Å². The SMILES string of the molecule is CC(=O)c1cc(CN2C[C@H]3CC[C@@H]2CN(CC(=O)N(C)C)C3)cs1. The van der Waals surface area contributed by atoms with Gasteiger partial charge in [-0.25, -0.2) is 0 Å². The monoisotopic (exact) mass is 349 g/mol. The summed E-state index contributed by atoms with van der Waals surface area (Å²) < 4.78 is 0. The normalized spacial score (nSPS) is 24.8. The third kappa shape index (κ3) is 4.05. The Morgan fingerprint density at radius 3 is 2.71 bits per heavy atom. The van der Waals surface area contributed by atoms with Crippen molar-refractivity contribution in [1.29, 1.82) is 0 Å². The highest BCUT2D eigenvalue weighted by Crippen LogP contribution is 2.30. The molecule has 1 amide bonds. The van der Waals surface area contributed by atoms with Gasteiger partial charge in [-0.3, -0.25) is 19.4 Å². The van der Waals surface area contributed by atoms with Gasteiger partial charge in [-0.05, 0) is 42.7 Å². The highest BCUT2D eigenvalue weighted by atomic mass is 32.1. The van der Waals surface area contributed by atoms with Crippen LogP contribution in [0, 0.1) is 5.92 Å². The average molecular weight is 350 g/mol. The highest BCUT2D eigenvalue weighted by Gasteiger charge is 2.35. The molecule has 0 N–H and O–H groups in total. The minimum absolute atomic E-state index is 0.150. The van der Waals surface area contributed by atoms with Crippen LogP contribution in [0.4, 0.5) is 0 Å². The first kappa shape index (κ1) is 17.6. The number of nitrogens with zero attached hydrogens (tertiary/aromatic N) is 3. The third-order valence-electron chi connectivity index (χ3n) is 5.15. The second-order valence-corrected chi connectivity index (χ2v) is 8.30. The molecule has 1 aromatic rings. The topological polar surface area (TPSA) is 43.9 Å². The molecule has 3 aliphatic heterocycles. The lowest BCUT2D eigenvalue weighted by Crippen LogP contribution is -2.44. The van der Waals surface area contributed by atoms with Gasteiger partial charge in [0.15, 0.2) is 5.78 Å². The van der Waals surface area contributed by atoms with Crippen molar-refractivity contribution in [3.8, 4) is 0 Å². The predicted octanol–water partition coefficient (Wildman–Crippen LogP) is 1.94. The van der Waals surface area contributed by atoms with E-state index >= 15 is 0 Å². The minimum atomic E-state index is 0.150. The largest absolute Gasteiger partial charge is 0.348 e. The van der Waals surface area contributed by atoms with Gasteiger partial charge in [-0.2, -0.15) is 0 Å². The van der Waals surface area contributed by atoms with Crippen LogP contribution in [0.15, 0.2) is 11.4 Å². The molecule has 2 bridgehead atoms. The van der Waals surface area contributed by atoms with Crippen LogP contribution < -0.4 is 0 Å². The molecule has 0 radical (unpaired) electrons. The predicted molar refractivity (Wildman–Crippen MR) is 96.4 cm³/mol. The van der Waals surface area contributed by atoms with Gasteiger partial charge >= 0.3 is 0 Å². The summed E-state index contributed by atoms with van der Waals surface area (Å²) in [5.74, 6) is 0.980. The Morgan fingerprint density at radius 2 is 2.04 bits per heavy atom. The van der Waals surface area contributed by atoms with Gasteiger partial charge in [0.25, 0.3) is 0 Å². The average Bonchev–Trinajstić information content (AvgIpc) is 2.82. The van der Waals surface area contributed by atoms with E-state index in [4.69, 9.17) is 0 Å². The molecule has 24 heavy (non-hydrogen) atoms. The number of carbonyl (C=O) groups excluding carboxylic acids is 2. The van der Waals surface area contributed by atoms with Gasteiger partial charge in [-0.1, -0.05) is 0 Å². The van der Waals surface area contributed by atoms with Crippen LogP contribution in [-0.4, -0.2) is 72.7 Å². The fraction of sp³-hybridized carbons (Fsp3) is 0.667. The zero-order valence-corrected chi connectivity index (χ0v) is 15.6. The Labute approximate surface area is 148 Å². The molecule has 6 heteroatoms. The van der Waals surface area contributed by atoms with Crippen LogP contribution in [0.1, 0.15) is 35.0 Å². The number of piperidine rings is 1. The molecule has 132 valence electrons. The van der Waals surface area contributed by atoms with E-state index in [0.717, 1.165) is 31.1 Å². The summed E-state index contributed by atoms with van der Waals surface area (Å²) in [6.07, 6.45) is 2.47. The first-order chi connectivity index (χ1) is 11.4. The lowest BCUT2D eigenvalue weighted by atomic mass is 9.94. The fourth-order valence-electron chi connectivity index (χ4n) is 3.81. The molecule has 3 saturated heterocycles. The first-order valence-electron chi connectivity index (χ1n) is 8.67. The van der Waals surface area contributed by atoms with Crippen molar-refractivity contribution >= 4 is 23.0 Å². The molecule has 1 aromatic heterocycles. The van der Waals surface area contributed by atoms with E-state index < -0.39 is 0 Å².